The van der Waals surface area contributed by atoms with Crippen molar-refractivity contribution in [2.24, 2.45) is 0 Å². The first-order chi connectivity index (χ1) is 11.1. The van der Waals surface area contributed by atoms with Gasteiger partial charge in [0.1, 0.15) is 0 Å². The van der Waals surface area contributed by atoms with Gasteiger partial charge in [0, 0.05) is 6.54 Å². The van der Waals surface area contributed by atoms with E-state index in [0.717, 1.165) is 17.5 Å². The number of carbonyl (C=O) groups is 1. The summed E-state index contributed by atoms with van der Waals surface area (Å²) in [5, 5.41) is 6.41. The van der Waals surface area contributed by atoms with Crippen molar-refractivity contribution in [3.8, 4) is 0 Å². The van der Waals surface area contributed by atoms with Crippen LogP contribution in [0.15, 0.2) is 54.6 Å². The molecular formula is C20H26N2O. The number of carbonyl (C=O) groups excluding carboxylic acids is 1. The maximum absolute atomic E-state index is 12.2. The van der Waals surface area contributed by atoms with Gasteiger partial charge < -0.3 is 5.32 Å². The number of rotatable bonds is 7. The fourth-order valence-electron chi connectivity index (χ4n) is 2.52. The molecule has 0 aliphatic heterocycles. The van der Waals surface area contributed by atoms with Crippen LogP contribution in [0.2, 0.25) is 0 Å². The zero-order valence-corrected chi connectivity index (χ0v) is 14.2. The van der Waals surface area contributed by atoms with Gasteiger partial charge in [-0.15, -0.1) is 0 Å². The van der Waals surface area contributed by atoms with Gasteiger partial charge >= 0.3 is 0 Å². The lowest BCUT2D eigenvalue weighted by Crippen LogP contribution is -2.44. The Hall–Kier alpha value is -2.13. The molecule has 0 saturated heterocycles. The number of amides is 1. The normalized spacial score (nSPS) is 13.3. The van der Waals surface area contributed by atoms with Crippen molar-refractivity contribution in [2.75, 3.05) is 6.54 Å². The Morgan fingerprint density at radius 1 is 1.00 bits per heavy atom. The molecule has 2 atom stereocenters. The highest BCUT2D eigenvalue weighted by Gasteiger charge is 2.20. The molecule has 0 aromatic heterocycles. The van der Waals surface area contributed by atoms with Gasteiger partial charge in [0.15, 0.2) is 0 Å². The highest BCUT2D eigenvalue weighted by Crippen LogP contribution is 2.23. The Bertz CT molecular complexity index is 607. The SMILES string of the molecule is CCCNC(=O)[C@@H](C)N[C@H](c1ccccc1)c1ccc(C)cc1. The summed E-state index contributed by atoms with van der Waals surface area (Å²) < 4.78 is 0. The van der Waals surface area contributed by atoms with E-state index in [2.05, 4.69) is 60.9 Å². The summed E-state index contributed by atoms with van der Waals surface area (Å²) in [7, 11) is 0. The highest BCUT2D eigenvalue weighted by molar-refractivity contribution is 5.81. The first kappa shape index (κ1) is 17.2. The highest BCUT2D eigenvalue weighted by atomic mass is 16.2. The maximum Gasteiger partial charge on any atom is 0.236 e. The standard InChI is InChI=1S/C20H26N2O/c1-4-14-21-20(23)16(3)22-19(17-8-6-5-7-9-17)18-12-10-15(2)11-13-18/h5-13,16,19,22H,4,14H2,1-3H3,(H,21,23)/t16-,19-/m1/s1. The van der Waals surface area contributed by atoms with Crippen LogP contribution in [-0.4, -0.2) is 18.5 Å². The molecule has 0 saturated carbocycles. The van der Waals surface area contributed by atoms with Crippen LogP contribution in [0.5, 0.6) is 0 Å². The van der Waals surface area contributed by atoms with Crippen LogP contribution in [-0.2, 0) is 4.79 Å². The predicted molar refractivity (Wildman–Crippen MR) is 95.4 cm³/mol. The lowest BCUT2D eigenvalue weighted by Gasteiger charge is -2.24. The minimum absolute atomic E-state index is 0.000762. The summed E-state index contributed by atoms with van der Waals surface area (Å²) in [5.41, 5.74) is 3.55. The van der Waals surface area contributed by atoms with Crippen molar-refractivity contribution in [1.29, 1.82) is 0 Å². The molecule has 0 radical (unpaired) electrons. The first-order valence-corrected chi connectivity index (χ1v) is 8.27. The summed E-state index contributed by atoms with van der Waals surface area (Å²) in [6.45, 7) is 6.76. The molecule has 1 amide bonds. The summed E-state index contributed by atoms with van der Waals surface area (Å²) in [4.78, 5) is 12.2. The quantitative estimate of drug-likeness (QED) is 0.820. The topological polar surface area (TPSA) is 41.1 Å². The molecule has 0 heterocycles. The van der Waals surface area contributed by atoms with E-state index < -0.39 is 0 Å². The molecule has 2 aromatic rings. The van der Waals surface area contributed by atoms with E-state index in [1.165, 1.54) is 5.56 Å². The van der Waals surface area contributed by atoms with Crippen LogP contribution in [0.4, 0.5) is 0 Å². The molecule has 122 valence electrons. The number of nitrogens with one attached hydrogen (secondary N) is 2. The molecule has 3 heteroatoms. The molecule has 2 N–H and O–H groups in total. The summed E-state index contributed by atoms with van der Waals surface area (Å²) in [6, 6.07) is 18.4. The minimum Gasteiger partial charge on any atom is -0.355 e. The molecule has 2 aromatic carbocycles. The summed E-state index contributed by atoms with van der Waals surface area (Å²) >= 11 is 0. The second-order valence-corrected chi connectivity index (χ2v) is 5.93. The van der Waals surface area contributed by atoms with Gasteiger partial charge in [-0.25, -0.2) is 0 Å². The molecule has 23 heavy (non-hydrogen) atoms. The molecule has 0 unspecified atom stereocenters. The largest absolute Gasteiger partial charge is 0.355 e. The molecule has 0 spiro atoms. The number of aryl methyl sites for hydroxylation is 1. The average Bonchev–Trinajstić information content (AvgIpc) is 2.59. The average molecular weight is 310 g/mol. The third-order valence-electron chi connectivity index (χ3n) is 3.90. The second kappa shape index (κ2) is 8.49. The predicted octanol–water partition coefficient (Wildman–Crippen LogP) is 3.59. The molecular weight excluding hydrogens is 284 g/mol. The Balaban J connectivity index is 2.20. The van der Waals surface area contributed by atoms with E-state index in [9.17, 15) is 4.79 Å². The van der Waals surface area contributed by atoms with Crippen LogP contribution >= 0.6 is 0 Å². The molecule has 3 nitrogen and oxygen atoms in total. The van der Waals surface area contributed by atoms with Gasteiger partial charge in [0.2, 0.25) is 5.91 Å². The third kappa shape index (κ3) is 4.93. The molecule has 0 fully saturated rings. The zero-order chi connectivity index (χ0) is 16.7. The van der Waals surface area contributed by atoms with Crippen LogP contribution < -0.4 is 10.6 Å². The van der Waals surface area contributed by atoms with E-state index in [1.807, 2.05) is 25.1 Å². The van der Waals surface area contributed by atoms with Crippen LogP contribution in [0.1, 0.15) is 43.0 Å². The van der Waals surface area contributed by atoms with Crippen LogP contribution in [0.3, 0.4) is 0 Å². The Morgan fingerprint density at radius 2 is 1.61 bits per heavy atom. The number of benzene rings is 2. The summed E-state index contributed by atoms with van der Waals surface area (Å²) in [5.74, 6) is 0.0416. The van der Waals surface area contributed by atoms with Crippen molar-refractivity contribution < 1.29 is 4.79 Å². The Labute approximate surface area is 139 Å². The zero-order valence-electron chi connectivity index (χ0n) is 14.2. The molecule has 2 rings (SSSR count). The number of hydrogen-bond donors (Lipinski definition) is 2. The van der Waals surface area contributed by atoms with Gasteiger partial charge in [-0.3, -0.25) is 10.1 Å². The smallest absolute Gasteiger partial charge is 0.236 e. The van der Waals surface area contributed by atoms with E-state index in [1.54, 1.807) is 0 Å². The Kier molecular flexibility index (Phi) is 6.36. The Morgan fingerprint density at radius 3 is 2.22 bits per heavy atom. The molecule has 0 aliphatic carbocycles. The lowest BCUT2D eigenvalue weighted by molar-refractivity contribution is -0.122. The van der Waals surface area contributed by atoms with E-state index in [-0.39, 0.29) is 18.0 Å². The van der Waals surface area contributed by atoms with Gasteiger partial charge in [-0.1, -0.05) is 67.1 Å². The molecule has 0 aliphatic rings. The van der Waals surface area contributed by atoms with Gasteiger partial charge in [-0.05, 0) is 31.4 Å². The maximum atomic E-state index is 12.2. The van der Waals surface area contributed by atoms with Gasteiger partial charge in [-0.2, -0.15) is 0 Å². The van der Waals surface area contributed by atoms with Crippen molar-refractivity contribution in [3.05, 3.63) is 71.3 Å². The van der Waals surface area contributed by atoms with E-state index in [0.29, 0.717) is 6.54 Å². The van der Waals surface area contributed by atoms with Crippen molar-refractivity contribution in [3.63, 3.8) is 0 Å². The first-order valence-electron chi connectivity index (χ1n) is 8.27. The fourth-order valence-corrected chi connectivity index (χ4v) is 2.52. The fraction of sp³-hybridized carbons (Fsp3) is 0.350. The molecule has 0 bridgehead atoms. The third-order valence-corrected chi connectivity index (χ3v) is 3.90. The van der Waals surface area contributed by atoms with Gasteiger partial charge in [0.25, 0.3) is 0 Å². The number of hydrogen-bond acceptors (Lipinski definition) is 2. The second-order valence-electron chi connectivity index (χ2n) is 5.93. The van der Waals surface area contributed by atoms with E-state index in [4.69, 9.17) is 0 Å². The minimum atomic E-state index is -0.256. The van der Waals surface area contributed by atoms with Crippen molar-refractivity contribution >= 4 is 5.91 Å². The van der Waals surface area contributed by atoms with Crippen LogP contribution in [0, 0.1) is 6.92 Å². The summed E-state index contributed by atoms with van der Waals surface area (Å²) in [6.07, 6.45) is 0.943. The van der Waals surface area contributed by atoms with Crippen LogP contribution in [0.25, 0.3) is 0 Å². The lowest BCUT2D eigenvalue weighted by atomic mass is 9.97. The monoisotopic (exact) mass is 310 g/mol. The van der Waals surface area contributed by atoms with Gasteiger partial charge in [0.05, 0.1) is 12.1 Å². The van der Waals surface area contributed by atoms with E-state index >= 15 is 0 Å². The van der Waals surface area contributed by atoms with Crippen molar-refractivity contribution in [1.82, 2.24) is 10.6 Å². The van der Waals surface area contributed by atoms with Crippen molar-refractivity contribution in [2.45, 2.75) is 39.3 Å².